The molecule has 7 nitrogen and oxygen atoms in total. The summed E-state index contributed by atoms with van der Waals surface area (Å²) in [5.41, 5.74) is 9.86. The average molecular weight is 522 g/mol. The molecule has 2 atom stereocenters. The topological polar surface area (TPSA) is 96.6 Å². The van der Waals surface area contributed by atoms with Gasteiger partial charge in [-0.05, 0) is 61.7 Å². The van der Waals surface area contributed by atoms with Gasteiger partial charge in [0.1, 0.15) is 17.2 Å². The first-order valence-corrected chi connectivity index (χ1v) is 12.2. The Morgan fingerprint density at radius 3 is 2.76 bits per heavy atom. The lowest BCUT2D eigenvalue weighted by Crippen LogP contribution is -2.42. The standard InChI is InChI=1S/C28H26F3N5O2/c1-17-14-19(27(37)35-25(32)22-8-2-3-10-24(22)38-28(29,30)31)11-13-36(17)20-7-4-6-18(15-20)23-16-34-26-21(23)9-5-12-33-26/h2-10,12,15-17,19H,11,13-14H2,1H3,(H,33,34)(H2,32,35,37). The van der Waals surface area contributed by atoms with E-state index >= 15 is 0 Å². The zero-order chi connectivity index (χ0) is 26.9. The zero-order valence-corrected chi connectivity index (χ0v) is 20.6. The van der Waals surface area contributed by atoms with Crippen molar-refractivity contribution in [2.45, 2.75) is 32.2 Å². The van der Waals surface area contributed by atoms with Gasteiger partial charge in [0.15, 0.2) is 0 Å². The highest BCUT2D eigenvalue weighted by Crippen LogP contribution is 2.34. The van der Waals surface area contributed by atoms with E-state index in [-0.39, 0.29) is 17.4 Å². The van der Waals surface area contributed by atoms with E-state index in [2.05, 4.69) is 36.7 Å². The Balaban J connectivity index is 1.30. The number of amides is 1. The number of rotatable bonds is 5. The van der Waals surface area contributed by atoms with Gasteiger partial charge in [-0.15, -0.1) is 13.2 Å². The molecule has 0 aliphatic carbocycles. The molecule has 4 aromatic rings. The molecule has 0 spiro atoms. The smallest absolute Gasteiger partial charge is 0.405 e. The van der Waals surface area contributed by atoms with Gasteiger partial charge < -0.3 is 20.4 Å². The van der Waals surface area contributed by atoms with Crippen LogP contribution in [-0.2, 0) is 4.79 Å². The Morgan fingerprint density at radius 1 is 1.16 bits per heavy atom. The molecule has 3 heterocycles. The second-order valence-corrected chi connectivity index (χ2v) is 9.30. The summed E-state index contributed by atoms with van der Waals surface area (Å²) >= 11 is 0. The quantitative estimate of drug-likeness (QED) is 0.261. The largest absolute Gasteiger partial charge is 0.573 e. The number of fused-ring (bicyclic) bond motifs is 1. The zero-order valence-electron chi connectivity index (χ0n) is 20.6. The summed E-state index contributed by atoms with van der Waals surface area (Å²) in [5.74, 6) is -1.64. The number of nitrogens with zero attached hydrogens (tertiary/aromatic N) is 3. The van der Waals surface area contributed by atoms with Crippen molar-refractivity contribution in [2.24, 2.45) is 16.6 Å². The summed E-state index contributed by atoms with van der Waals surface area (Å²) in [6.45, 7) is 2.67. The summed E-state index contributed by atoms with van der Waals surface area (Å²) < 4.78 is 42.3. The summed E-state index contributed by atoms with van der Waals surface area (Å²) in [4.78, 5) is 26.7. The molecule has 1 aliphatic rings. The molecule has 1 saturated heterocycles. The Bertz CT molecular complexity index is 1500. The van der Waals surface area contributed by atoms with E-state index in [0.29, 0.717) is 19.4 Å². The van der Waals surface area contributed by atoms with E-state index < -0.39 is 23.9 Å². The van der Waals surface area contributed by atoms with Gasteiger partial charge in [-0.3, -0.25) is 4.79 Å². The number of ether oxygens (including phenoxy) is 1. The number of aromatic nitrogens is 2. The minimum atomic E-state index is -4.88. The highest BCUT2D eigenvalue weighted by atomic mass is 19.4. The second-order valence-electron chi connectivity index (χ2n) is 9.30. The van der Waals surface area contributed by atoms with Gasteiger partial charge in [-0.2, -0.15) is 4.99 Å². The van der Waals surface area contributed by atoms with Crippen LogP contribution in [0.5, 0.6) is 5.75 Å². The predicted octanol–water partition coefficient (Wildman–Crippen LogP) is 5.67. The number of carbonyl (C=O) groups excluding carboxylic acids is 1. The van der Waals surface area contributed by atoms with Crippen molar-refractivity contribution in [1.29, 1.82) is 0 Å². The molecule has 1 aliphatic heterocycles. The van der Waals surface area contributed by atoms with Crippen molar-refractivity contribution in [3.63, 3.8) is 0 Å². The van der Waals surface area contributed by atoms with Gasteiger partial charge in [0.25, 0.3) is 5.91 Å². The molecule has 0 saturated carbocycles. The lowest BCUT2D eigenvalue weighted by molar-refractivity contribution is -0.274. The van der Waals surface area contributed by atoms with Crippen LogP contribution in [0.25, 0.3) is 22.2 Å². The number of hydrogen-bond acceptors (Lipinski definition) is 4. The van der Waals surface area contributed by atoms with Crippen LogP contribution in [0.2, 0.25) is 0 Å². The molecule has 0 bridgehead atoms. The number of nitrogens with two attached hydrogens (primary N) is 1. The molecule has 38 heavy (non-hydrogen) atoms. The first kappa shape index (κ1) is 25.3. The van der Waals surface area contributed by atoms with Crippen LogP contribution in [0.1, 0.15) is 25.3 Å². The maximum atomic E-state index is 12.9. The predicted molar refractivity (Wildman–Crippen MR) is 140 cm³/mol. The van der Waals surface area contributed by atoms with Gasteiger partial charge in [0.2, 0.25) is 0 Å². The number of amidine groups is 1. The van der Waals surface area contributed by atoms with E-state index in [4.69, 9.17) is 5.73 Å². The van der Waals surface area contributed by atoms with Gasteiger partial charge >= 0.3 is 6.36 Å². The first-order valence-electron chi connectivity index (χ1n) is 12.2. The SMILES string of the molecule is CC1CC(C(=O)N=C(N)c2ccccc2OC(F)(F)F)CCN1c1cccc(-c2c[nH]c3ncccc23)c1. The number of alkyl halides is 3. The molecular formula is C28H26F3N5O2. The van der Waals surface area contributed by atoms with Gasteiger partial charge in [-0.1, -0.05) is 24.3 Å². The Morgan fingerprint density at radius 2 is 1.97 bits per heavy atom. The second kappa shape index (κ2) is 10.2. The number of benzene rings is 2. The van der Waals surface area contributed by atoms with Crippen LogP contribution in [0.4, 0.5) is 18.9 Å². The Hall–Kier alpha value is -4.34. The van der Waals surface area contributed by atoms with Crippen LogP contribution in [0, 0.1) is 5.92 Å². The lowest BCUT2D eigenvalue weighted by Gasteiger charge is -2.38. The highest BCUT2D eigenvalue weighted by molar-refractivity contribution is 6.06. The van der Waals surface area contributed by atoms with Crippen LogP contribution in [0.3, 0.4) is 0 Å². The van der Waals surface area contributed by atoms with Crippen molar-refractivity contribution >= 4 is 28.5 Å². The van der Waals surface area contributed by atoms with E-state index in [1.165, 1.54) is 18.2 Å². The summed E-state index contributed by atoms with van der Waals surface area (Å²) in [6.07, 6.45) is -0.102. The molecule has 1 fully saturated rings. The fourth-order valence-electron chi connectivity index (χ4n) is 4.99. The van der Waals surface area contributed by atoms with E-state index in [0.717, 1.165) is 33.9 Å². The maximum Gasteiger partial charge on any atom is 0.573 e. The van der Waals surface area contributed by atoms with Crippen LogP contribution >= 0.6 is 0 Å². The molecule has 5 rings (SSSR count). The number of para-hydroxylation sites is 1. The first-order chi connectivity index (χ1) is 18.2. The highest BCUT2D eigenvalue weighted by Gasteiger charge is 2.33. The Labute approximate surface area is 217 Å². The van der Waals surface area contributed by atoms with Crippen molar-refractivity contribution in [1.82, 2.24) is 9.97 Å². The number of pyridine rings is 1. The number of aromatic amines is 1. The minimum absolute atomic E-state index is 0.0369. The van der Waals surface area contributed by atoms with Crippen LogP contribution in [-0.4, -0.2) is 40.7 Å². The monoisotopic (exact) mass is 521 g/mol. The lowest BCUT2D eigenvalue weighted by atomic mass is 9.90. The van der Waals surface area contributed by atoms with Crippen molar-refractivity contribution in [3.05, 3.63) is 78.6 Å². The fraction of sp³-hybridized carbons (Fsp3) is 0.250. The molecule has 2 aromatic heterocycles. The van der Waals surface area contributed by atoms with E-state index in [1.807, 2.05) is 37.4 Å². The summed E-state index contributed by atoms with van der Waals surface area (Å²) in [7, 11) is 0. The van der Waals surface area contributed by atoms with Gasteiger partial charge in [0, 0.05) is 47.5 Å². The molecule has 2 unspecified atom stereocenters. The molecule has 10 heteroatoms. The number of H-pyrrole nitrogens is 1. The third-order valence-electron chi connectivity index (χ3n) is 6.78. The third-order valence-corrected chi connectivity index (χ3v) is 6.78. The molecule has 2 aromatic carbocycles. The van der Waals surface area contributed by atoms with E-state index in [9.17, 15) is 18.0 Å². The third kappa shape index (κ3) is 5.34. The normalized spacial score (nSPS) is 18.5. The number of aliphatic imine (C=N–C) groups is 1. The van der Waals surface area contributed by atoms with E-state index in [1.54, 1.807) is 6.20 Å². The average Bonchev–Trinajstić information content (AvgIpc) is 3.32. The summed E-state index contributed by atoms with van der Waals surface area (Å²) in [5, 5.41) is 1.04. The molecule has 1 amide bonds. The summed E-state index contributed by atoms with van der Waals surface area (Å²) in [6, 6.07) is 17.6. The van der Waals surface area contributed by atoms with Crippen LogP contribution in [0.15, 0.2) is 78.0 Å². The Kier molecular flexibility index (Phi) is 6.79. The van der Waals surface area contributed by atoms with Crippen molar-refractivity contribution in [3.8, 4) is 16.9 Å². The molecule has 3 N–H and O–H groups in total. The number of nitrogens with one attached hydrogen (secondary N) is 1. The number of anilines is 1. The number of piperidine rings is 1. The van der Waals surface area contributed by atoms with Crippen molar-refractivity contribution < 1.29 is 22.7 Å². The van der Waals surface area contributed by atoms with Gasteiger partial charge in [-0.25, -0.2) is 4.98 Å². The fourth-order valence-corrected chi connectivity index (χ4v) is 4.99. The van der Waals surface area contributed by atoms with Crippen LogP contribution < -0.4 is 15.4 Å². The van der Waals surface area contributed by atoms with Crippen molar-refractivity contribution in [2.75, 3.05) is 11.4 Å². The molecule has 0 radical (unpaired) electrons. The number of carbonyl (C=O) groups is 1. The number of halogens is 3. The minimum Gasteiger partial charge on any atom is -0.405 e. The molecule has 196 valence electrons. The number of hydrogen-bond donors (Lipinski definition) is 2. The molecular weight excluding hydrogens is 495 g/mol. The van der Waals surface area contributed by atoms with Gasteiger partial charge in [0.05, 0.1) is 5.56 Å². The maximum absolute atomic E-state index is 12.9.